The summed E-state index contributed by atoms with van der Waals surface area (Å²) in [7, 11) is 1.53. The van der Waals surface area contributed by atoms with Crippen LogP contribution >= 0.6 is 0 Å². The largest absolute Gasteiger partial charge is 0.480 e. The van der Waals surface area contributed by atoms with Gasteiger partial charge in [-0.2, -0.15) is 4.98 Å². The molecule has 7 nitrogen and oxygen atoms in total. The van der Waals surface area contributed by atoms with Crippen molar-refractivity contribution in [1.29, 1.82) is 0 Å². The molecule has 1 atom stereocenters. The Morgan fingerprint density at radius 2 is 2.26 bits per heavy atom. The van der Waals surface area contributed by atoms with Gasteiger partial charge in [-0.15, -0.1) is 0 Å². The van der Waals surface area contributed by atoms with Gasteiger partial charge < -0.3 is 19.9 Å². The second kappa shape index (κ2) is 7.52. The number of carboxylic acid groups (broad SMARTS) is 1. The van der Waals surface area contributed by atoms with Crippen molar-refractivity contribution in [2.75, 3.05) is 25.6 Å². The van der Waals surface area contributed by atoms with Gasteiger partial charge in [0.05, 0.1) is 6.61 Å². The van der Waals surface area contributed by atoms with Crippen molar-refractivity contribution in [1.82, 2.24) is 9.97 Å². The predicted octanol–water partition coefficient (Wildman–Crippen LogP) is 1.09. The van der Waals surface area contributed by atoms with Gasteiger partial charge in [-0.1, -0.05) is 0 Å². The number of aromatic nitrogens is 2. The summed E-state index contributed by atoms with van der Waals surface area (Å²) >= 11 is 0. The van der Waals surface area contributed by atoms with Crippen molar-refractivity contribution in [3.63, 3.8) is 0 Å². The van der Waals surface area contributed by atoms with Crippen LogP contribution in [0.25, 0.3) is 0 Å². The second-order valence-corrected chi connectivity index (χ2v) is 3.89. The molecule has 2 N–H and O–H groups in total. The normalized spacial score (nSPS) is 11.9. The highest BCUT2D eigenvalue weighted by Crippen LogP contribution is 2.15. The van der Waals surface area contributed by atoms with Crippen LogP contribution in [0.3, 0.4) is 0 Å². The zero-order valence-corrected chi connectivity index (χ0v) is 11.3. The number of methoxy groups -OCH3 is 1. The minimum Gasteiger partial charge on any atom is -0.480 e. The van der Waals surface area contributed by atoms with Crippen LogP contribution in [0.4, 0.5) is 5.82 Å². The molecule has 1 heterocycles. The van der Waals surface area contributed by atoms with Crippen molar-refractivity contribution >= 4 is 11.8 Å². The fourth-order valence-corrected chi connectivity index (χ4v) is 1.51. The van der Waals surface area contributed by atoms with E-state index in [1.807, 2.05) is 6.92 Å². The Balaban J connectivity index is 2.80. The van der Waals surface area contributed by atoms with E-state index in [1.54, 1.807) is 13.0 Å². The number of hydrogen-bond acceptors (Lipinski definition) is 6. The average molecular weight is 269 g/mol. The van der Waals surface area contributed by atoms with Crippen LogP contribution in [0.5, 0.6) is 5.88 Å². The lowest BCUT2D eigenvalue weighted by molar-refractivity contribution is -0.138. The molecule has 0 fully saturated rings. The lowest BCUT2D eigenvalue weighted by Crippen LogP contribution is -2.31. The van der Waals surface area contributed by atoms with E-state index in [2.05, 4.69) is 15.3 Å². The molecular weight excluding hydrogens is 250 g/mol. The number of rotatable bonds is 8. The summed E-state index contributed by atoms with van der Waals surface area (Å²) < 4.78 is 10.2. The number of anilines is 1. The van der Waals surface area contributed by atoms with E-state index in [-0.39, 0.29) is 0 Å². The first-order chi connectivity index (χ1) is 9.06. The first kappa shape index (κ1) is 15.2. The molecule has 19 heavy (non-hydrogen) atoms. The lowest BCUT2D eigenvalue weighted by Gasteiger charge is -2.15. The van der Waals surface area contributed by atoms with Crippen molar-refractivity contribution in [2.45, 2.75) is 26.3 Å². The molecule has 0 saturated heterocycles. The van der Waals surface area contributed by atoms with Crippen molar-refractivity contribution in [2.24, 2.45) is 0 Å². The molecule has 7 heteroatoms. The molecular formula is C12H19N3O4. The summed E-state index contributed by atoms with van der Waals surface area (Å²) in [5.41, 5.74) is 0. The SMILES string of the molecule is CCOc1cc(NC(CCOC)C(=O)O)nc(C)n1. The maximum Gasteiger partial charge on any atom is 0.326 e. The number of aryl methyl sites for hydroxylation is 1. The highest BCUT2D eigenvalue weighted by atomic mass is 16.5. The van der Waals surface area contributed by atoms with Crippen LogP contribution < -0.4 is 10.1 Å². The fraction of sp³-hybridized carbons (Fsp3) is 0.583. The Bertz CT molecular complexity index is 425. The molecule has 0 radical (unpaired) electrons. The van der Waals surface area contributed by atoms with Crippen LogP contribution in [0.1, 0.15) is 19.2 Å². The molecule has 0 aliphatic rings. The minimum atomic E-state index is -0.953. The zero-order chi connectivity index (χ0) is 14.3. The lowest BCUT2D eigenvalue weighted by atomic mass is 10.2. The monoisotopic (exact) mass is 269 g/mol. The molecule has 0 aliphatic carbocycles. The molecule has 106 valence electrons. The molecule has 1 aromatic heterocycles. The number of hydrogen-bond donors (Lipinski definition) is 2. The third-order valence-electron chi connectivity index (χ3n) is 2.34. The third kappa shape index (κ3) is 5.09. The maximum absolute atomic E-state index is 11.1. The fourth-order valence-electron chi connectivity index (χ4n) is 1.51. The molecule has 0 spiro atoms. The van der Waals surface area contributed by atoms with E-state index < -0.39 is 12.0 Å². The zero-order valence-electron chi connectivity index (χ0n) is 11.3. The first-order valence-corrected chi connectivity index (χ1v) is 6.03. The Kier molecular flexibility index (Phi) is 6.01. The quantitative estimate of drug-likeness (QED) is 0.729. The Hall–Kier alpha value is -1.89. The predicted molar refractivity (Wildman–Crippen MR) is 69.5 cm³/mol. The average Bonchev–Trinajstić information content (AvgIpc) is 2.33. The van der Waals surface area contributed by atoms with Gasteiger partial charge in [0.2, 0.25) is 5.88 Å². The molecule has 0 bridgehead atoms. The van der Waals surface area contributed by atoms with Crippen molar-refractivity contribution < 1.29 is 19.4 Å². The summed E-state index contributed by atoms with van der Waals surface area (Å²) in [6, 6.07) is 0.822. The van der Waals surface area contributed by atoms with Crippen LogP contribution in [0.15, 0.2) is 6.07 Å². The molecule has 0 amide bonds. The number of nitrogens with one attached hydrogen (secondary N) is 1. The number of aliphatic carboxylic acids is 1. The summed E-state index contributed by atoms with van der Waals surface area (Å²) in [4.78, 5) is 19.3. The van der Waals surface area contributed by atoms with Crippen LogP contribution in [0.2, 0.25) is 0 Å². The smallest absolute Gasteiger partial charge is 0.326 e. The number of ether oxygens (including phenoxy) is 2. The van der Waals surface area contributed by atoms with Crippen molar-refractivity contribution in [3.8, 4) is 5.88 Å². The summed E-state index contributed by atoms with van der Waals surface area (Å²) in [5.74, 6) is 0.420. The van der Waals surface area contributed by atoms with E-state index in [1.165, 1.54) is 7.11 Å². The molecule has 1 unspecified atom stereocenters. The Morgan fingerprint density at radius 3 is 2.84 bits per heavy atom. The third-order valence-corrected chi connectivity index (χ3v) is 2.34. The van der Waals surface area contributed by atoms with Gasteiger partial charge in [0.15, 0.2) is 0 Å². The van der Waals surface area contributed by atoms with Gasteiger partial charge >= 0.3 is 5.97 Å². The summed E-state index contributed by atoms with van der Waals surface area (Å²) in [6.45, 7) is 4.41. The van der Waals surface area contributed by atoms with E-state index in [0.717, 1.165) is 0 Å². The van der Waals surface area contributed by atoms with E-state index >= 15 is 0 Å². The minimum absolute atomic E-state index is 0.346. The van der Waals surface area contributed by atoms with Gasteiger partial charge in [0.1, 0.15) is 17.7 Å². The Labute approximate surface area is 112 Å². The summed E-state index contributed by atoms with van der Waals surface area (Å²) in [5, 5.41) is 12.0. The number of nitrogens with zero attached hydrogens (tertiary/aromatic N) is 2. The van der Waals surface area contributed by atoms with Gasteiger partial charge in [-0.05, 0) is 13.8 Å². The standard InChI is InChI=1S/C12H19N3O4/c1-4-19-11-7-10(13-8(2)14-11)15-9(12(16)17)5-6-18-3/h7,9H,4-6H2,1-3H3,(H,16,17)(H,13,14,15). The van der Waals surface area contributed by atoms with E-state index in [4.69, 9.17) is 14.6 Å². The molecule has 0 saturated carbocycles. The molecule has 0 aliphatic heterocycles. The topological polar surface area (TPSA) is 93.6 Å². The van der Waals surface area contributed by atoms with Gasteiger partial charge in [0.25, 0.3) is 0 Å². The van der Waals surface area contributed by atoms with Crippen LogP contribution in [0, 0.1) is 6.92 Å². The summed E-state index contributed by atoms with van der Waals surface area (Å²) in [6.07, 6.45) is 0.346. The van der Waals surface area contributed by atoms with Crippen LogP contribution in [-0.4, -0.2) is 47.4 Å². The number of carbonyl (C=O) groups is 1. The second-order valence-electron chi connectivity index (χ2n) is 3.89. The van der Waals surface area contributed by atoms with Gasteiger partial charge in [-0.25, -0.2) is 9.78 Å². The van der Waals surface area contributed by atoms with Crippen molar-refractivity contribution in [3.05, 3.63) is 11.9 Å². The molecule has 1 rings (SSSR count). The number of carboxylic acids is 1. The molecule has 1 aromatic rings. The van der Waals surface area contributed by atoms with E-state index in [0.29, 0.717) is 37.2 Å². The van der Waals surface area contributed by atoms with Crippen LogP contribution in [-0.2, 0) is 9.53 Å². The maximum atomic E-state index is 11.1. The highest BCUT2D eigenvalue weighted by molar-refractivity contribution is 5.76. The van der Waals surface area contributed by atoms with Gasteiger partial charge in [0, 0.05) is 26.2 Å². The Morgan fingerprint density at radius 1 is 1.53 bits per heavy atom. The molecule has 0 aromatic carbocycles. The van der Waals surface area contributed by atoms with Gasteiger partial charge in [-0.3, -0.25) is 0 Å². The first-order valence-electron chi connectivity index (χ1n) is 6.03. The van der Waals surface area contributed by atoms with E-state index in [9.17, 15) is 4.79 Å². The highest BCUT2D eigenvalue weighted by Gasteiger charge is 2.18.